The second-order valence-corrected chi connectivity index (χ2v) is 7.37. The summed E-state index contributed by atoms with van der Waals surface area (Å²) in [6, 6.07) is 16.7. The van der Waals surface area contributed by atoms with Crippen LogP contribution < -0.4 is 5.32 Å². The van der Waals surface area contributed by atoms with Gasteiger partial charge in [0, 0.05) is 24.3 Å². The fourth-order valence-electron chi connectivity index (χ4n) is 3.23. The van der Waals surface area contributed by atoms with Crippen molar-refractivity contribution in [2.75, 3.05) is 5.32 Å². The molecule has 0 saturated carbocycles. The molecule has 141 valence electrons. The lowest BCUT2D eigenvalue weighted by atomic mass is 10.1. The number of benzene rings is 2. The van der Waals surface area contributed by atoms with Crippen LogP contribution in [0.3, 0.4) is 0 Å². The summed E-state index contributed by atoms with van der Waals surface area (Å²) in [6.45, 7) is 7.17. The lowest BCUT2D eigenvalue weighted by molar-refractivity contribution is 0.629. The second kappa shape index (κ2) is 7.80. The van der Waals surface area contributed by atoms with Crippen molar-refractivity contribution in [2.45, 2.75) is 33.4 Å². The van der Waals surface area contributed by atoms with Gasteiger partial charge in [0.15, 0.2) is 0 Å². The van der Waals surface area contributed by atoms with E-state index in [1.807, 2.05) is 35.1 Å². The quantitative estimate of drug-likeness (QED) is 0.502. The molecule has 5 heteroatoms. The van der Waals surface area contributed by atoms with E-state index in [1.54, 1.807) is 6.20 Å². The maximum Gasteiger partial charge on any atom is 0.145 e. The van der Waals surface area contributed by atoms with Crippen molar-refractivity contribution >= 4 is 16.9 Å². The molecule has 0 bridgehead atoms. The Morgan fingerprint density at radius 1 is 1.00 bits per heavy atom. The van der Waals surface area contributed by atoms with Gasteiger partial charge < -0.3 is 5.32 Å². The highest BCUT2D eigenvalue weighted by molar-refractivity contribution is 5.81. The Bertz CT molecular complexity index is 1070. The van der Waals surface area contributed by atoms with Crippen LogP contribution in [0.2, 0.25) is 0 Å². The molecule has 2 aromatic heterocycles. The van der Waals surface area contributed by atoms with Crippen molar-refractivity contribution in [1.82, 2.24) is 19.7 Å². The maximum atomic E-state index is 4.72. The Morgan fingerprint density at radius 2 is 1.82 bits per heavy atom. The number of nitrogens with zero attached hydrogens (tertiary/aromatic N) is 4. The number of aromatic nitrogens is 4. The minimum atomic E-state index is 0.164. The Balaban J connectivity index is 1.55. The van der Waals surface area contributed by atoms with Crippen molar-refractivity contribution < 1.29 is 0 Å². The molecule has 4 rings (SSSR count). The SMILES string of the molecule is C[C](C)Cn1cc(-c2ccc3nc(N[C@H](C)c4ccccc4)cnc3c2)cn1. The predicted octanol–water partition coefficient (Wildman–Crippen LogP) is 5.28. The number of nitrogens with one attached hydrogen (secondary N) is 1. The zero-order valence-electron chi connectivity index (χ0n) is 16.4. The molecule has 4 aromatic rings. The Kier molecular flexibility index (Phi) is 5.06. The van der Waals surface area contributed by atoms with Gasteiger partial charge in [-0.25, -0.2) is 4.98 Å². The molecule has 0 aliphatic carbocycles. The van der Waals surface area contributed by atoms with Gasteiger partial charge in [-0.15, -0.1) is 0 Å². The fraction of sp³-hybridized carbons (Fsp3) is 0.217. The maximum absolute atomic E-state index is 4.72. The summed E-state index contributed by atoms with van der Waals surface area (Å²) in [4.78, 5) is 9.34. The summed E-state index contributed by atoms with van der Waals surface area (Å²) < 4.78 is 1.96. The van der Waals surface area contributed by atoms with Crippen LogP contribution in [0.25, 0.3) is 22.2 Å². The number of hydrogen-bond acceptors (Lipinski definition) is 4. The molecular formula is C23H24N5. The predicted molar refractivity (Wildman–Crippen MR) is 114 cm³/mol. The van der Waals surface area contributed by atoms with Crippen molar-refractivity contribution in [3.63, 3.8) is 0 Å². The molecule has 1 N–H and O–H groups in total. The normalized spacial score (nSPS) is 12.4. The van der Waals surface area contributed by atoms with Gasteiger partial charge in [0.25, 0.3) is 0 Å². The summed E-state index contributed by atoms with van der Waals surface area (Å²) >= 11 is 0. The average molecular weight is 370 g/mol. The summed E-state index contributed by atoms with van der Waals surface area (Å²) in [5, 5.41) is 7.87. The van der Waals surface area contributed by atoms with Gasteiger partial charge in [0.05, 0.1) is 23.4 Å². The van der Waals surface area contributed by atoms with E-state index in [2.05, 4.69) is 66.6 Å². The van der Waals surface area contributed by atoms with Crippen LogP contribution in [-0.4, -0.2) is 19.7 Å². The smallest absolute Gasteiger partial charge is 0.145 e. The van der Waals surface area contributed by atoms with Crippen LogP contribution in [0.15, 0.2) is 67.1 Å². The topological polar surface area (TPSA) is 55.6 Å². The molecule has 0 amide bonds. The van der Waals surface area contributed by atoms with Gasteiger partial charge in [-0.05, 0) is 36.1 Å². The van der Waals surface area contributed by atoms with E-state index in [0.29, 0.717) is 0 Å². The van der Waals surface area contributed by atoms with Gasteiger partial charge in [0.1, 0.15) is 5.82 Å². The lowest BCUT2D eigenvalue weighted by Gasteiger charge is -2.15. The van der Waals surface area contributed by atoms with Crippen molar-refractivity contribution in [3.8, 4) is 11.1 Å². The van der Waals surface area contributed by atoms with Crippen LogP contribution in [-0.2, 0) is 6.54 Å². The van der Waals surface area contributed by atoms with Gasteiger partial charge in [-0.2, -0.15) is 5.10 Å². The van der Waals surface area contributed by atoms with E-state index in [4.69, 9.17) is 4.98 Å². The molecule has 1 radical (unpaired) electrons. The standard InChI is InChI=1S/C23H24N5/c1-16(2)14-28-15-20(12-25-28)19-9-10-21-22(11-19)24-13-23(27-21)26-17(3)18-7-5-4-6-8-18/h4-13,15,17H,14H2,1-3H3,(H,26,27)/t17-/m1/s1. The van der Waals surface area contributed by atoms with E-state index in [1.165, 1.54) is 11.5 Å². The zero-order valence-corrected chi connectivity index (χ0v) is 16.4. The van der Waals surface area contributed by atoms with Gasteiger partial charge in [-0.3, -0.25) is 9.67 Å². The molecule has 0 saturated heterocycles. The van der Waals surface area contributed by atoms with Crippen LogP contribution in [0.5, 0.6) is 0 Å². The van der Waals surface area contributed by atoms with Gasteiger partial charge in [-0.1, -0.05) is 50.2 Å². The molecule has 0 spiro atoms. The van der Waals surface area contributed by atoms with Crippen LogP contribution in [0, 0.1) is 5.92 Å². The van der Waals surface area contributed by atoms with E-state index in [-0.39, 0.29) is 6.04 Å². The highest BCUT2D eigenvalue weighted by Crippen LogP contribution is 2.24. The Morgan fingerprint density at radius 3 is 2.61 bits per heavy atom. The summed E-state index contributed by atoms with van der Waals surface area (Å²) in [7, 11) is 0. The fourth-order valence-corrected chi connectivity index (χ4v) is 3.23. The third-order valence-electron chi connectivity index (χ3n) is 4.65. The van der Waals surface area contributed by atoms with Crippen LogP contribution >= 0.6 is 0 Å². The first-order valence-corrected chi connectivity index (χ1v) is 9.48. The minimum absolute atomic E-state index is 0.164. The van der Waals surface area contributed by atoms with Crippen molar-refractivity contribution in [1.29, 1.82) is 0 Å². The highest BCUT2D eigenvalue weighted by Gasteiger charge is 2.09. The Hall–Kier alpha value is -3.21. The molecule has 2 heterocycles. The van der Waals surface area contributed by atoms with E-state index >= 15 is 0 Å². The lowest BCUT2D eigenvalue weighted by Crippen LogP contribution is -2.08. The number of hydrogen-bond donors (Lipinski definition) is 1. The molecule has 0 aliphatic heterocycles. The first-order valence-electron chi connectivity index (χ1n) is 9.48. The molecule has 0 unspecified atom stereocenters. The van der Waals surface area contributed by atoms with Crippen LogP contribution in [0.4, 0.5) is 5.82 Å². The number of anilines is 1. The molecule has 1 atom stereocenters. The molecule has 2 aromatic carbocycles. The van der Waals surface area contributed by atoms with Gasteiger partial charge >= 0.3 is 0 Å². The second-order valence-electron chi connectivity index (χ2n) is 7.37. The third-order valence-corrected chi connectivity index (χ3v) is 4.65. The summed E-state index contributed by atoms with van der Waals surface area (Å²) in [5.74, 6) is 2.10. The zero-order chi connectivity index (χ0) is 19.5. The van der Waals surface area contributed by atoms with E-state index in [9.17, 15) is 0 Å². The largest absolute Gasteiger partial charge is 0.362 e. The number of rotatable bonds is 6. The summed E-state index contributed by atoms with van der Waals surface area (Å²) in [5.41, 5.74) is 5.15. The Labute approximate surface area is 165 Å². The van der Waals surface area contributed by atoms with Crippen LogP contribution in [0.1, 0.15) is 32.4 Å². The monoisotopic (exact) mass is 370 g/mol. The first-order chi connectivity index (χ1) is 13.6. The van der Waals surface area contributed by atoms with Gasteiger partial charge in [0.2, 0.25) is 0 Å². The first kappa shape index (κ1) is 18.2. The molecule has 0 fully saturated rings. The average Bonchev–Trinajstić information content (AvgIpc) is 3.16. The summed E-state index contributed by atoms with van der Waals surface area (Å²) in [6.07, 6.45) is 5.76. The molecular weight excluding hydrogens is 346 g/mol. The number of fused-ring (bicyclic) bond motifs is 1. The van der Waals surface area contributed by atoms with E-state index < -0.39 is 0 Å². The highest BCUT2D eigenvalue weighted by atomic mass is 15.3. The third kappa shape index (κ3) is 4.03. The van der Waals surface area contributed by atoms with E-state index in [0.717, 1.165) is 34.5 Å². The van der Waals surface area contributed by atoms with Crippen molar-refractivity contribution in [2.24, 2.45) is 0 Å². The minimum Gasteiger partial charge on any atom is -0.362 e. The molecule has 5 nitrogen and oxygen atoms in total. The molecule has 28 heavy (non-hydrogen) atoms. The van der Waals surface area contributed by atoms with Crippen molar-refractivity contribution in [3.05, 3.63) is 78.6 Å². The molecule has 0 aliphatic rings.